The van der Waals surface area contributed by atoms with Crippen LogP contribution in [0.4, 0.5) is 0 Å². The van der Waals surface area contributed by atoms with Gasteiger partial charge < -0.3 is 10.5 Å². The van der Waals surface area contributed by atoms with E-state index in [1.165, 1.54) is 0 Å². The van der Waals surface area contributed by atoms with Gasteiger partial charge in [-0.3, -0.25) is 0 Å². The van der Waals surface area contributed by atoms with Gasteiger partial charge in [0.05, 0.1) is 7.11 Å². The van der Waals surface area contributed by atoms with E-state index in [4.69, 9.17) is 16.3 Å². The van der Waals surface area contributed by atoms with Crippen LogP contribution in [0.15, 0.2) is 29.4 Å². The molecule has 0 saturated carbocycles. The van der Waals surface area contributed by atoms with Gasteiger partial charge in [0.2, 0.25) is 0 Å². The molecule has 0 aliphatic carbocycles. The van der Waals surface area contributed by atoms with E-state index in [-0.39, 0.29) is 0 Å². The number of amidine groups is 1. The van der Waals surface area contributed by atoms with Gasteiger partial charge in [-0.2, -0.15) is 0 Å². The zero-order valence-corrected chi connectivity index (χ0v) is 7.32. The monoisotopic (exact) mass is 180 g/mol. The summed E-state index contributed by atoms with van der Waals surface area (Å²) in [6, 6.07) is 7.24. The van der Waals surface area contributed by atoms with E-state index in [2.05, 4.69) is 10.6 Å². The molecule has 1 rings (SSSR count). The molecular weight excluding hydrogens is 168 g/mol. The molecule has 0 bridgehead atoms. The third kappa shape index (κ3) is 2.34. The van der Waals surface area contributed by atoms with Gasteiger partial charge >= 0.3 is 0 Å². The van der Waals surface area contributed by atoms with Gasteiger partial charge in [-0.1, -0.05) is 12.1 Å². The smallest absolute Gasteiger partial charge is 0.152 e. The fourth-order valence-electron chi connectivity index (χ4n) is 0.916. The van der Waals surface area contributed by atoms with Crippen LogP contribution in [0.25, 0.3) is 0 Å². The Bertz CT molecular complexity index is 311. The van der Waals surface area contributed by atoms with Crippen molar-refractivity contribution in [3.05, 3.63) is 29.8 Å². The molecule has 0 saturated heterocycles. The molecule has 13 heavy (non-hydrogen) atoms. The van der Waals surface area contributed by atoms with E-state index in [9.17, 15) is 0 Å². The Balaban J connectivity index is 2.94. The van der Waals surface area contributed by atoms with Gasteiger partial charge in [0.25, 0.3) is 0 Å². The molecule has 0 radical (unpaired) electrons. The van der Waals surface area contributed by atoms with Crippen molar-refractivity contribution in [2.75, 3.05) is 7.11 Å². The highest BCUT2D eigenvalue weighted by Gasteiger charge is 1.99. The van der Waals surface area contributed by atoms with Gasteiger partial charge in [-0.05, 0) is 12.1 Å². The zero-order valence-electron chi connectivity index (χ0n) is 7.32. The summed E-state index contributed by atoms with van der Waals surface area (Å²) in [5.74, 6) is 6.04. The van der Waals surface area contributed by atoms with Crippen LogP contribution in [0.3, 0.4) is 0 Å². The molecule has 0 aliphatic heterocycles. The lowest BCUT2D eigenvalue weighted by Gasteiger charge is -2.03. The Hall–Kier alpha value is -1.75. The summed E-state index contributed by atoms with van der Waals surface area (Å²) in [5.41, 5.74) is 8.47. The summed E-state index contributed by atoms with van der Waals surface area (Å²) in [6.07, 6.45) is 0. The second kappa shape index (κ2) is 4.32. The Kier molecular flexibility index (Phi) is 3.10. The number of nitrogens with one attached hydrogen (secondary N) is 1. The van der Waals surface area contributed by atoms with Gasteiger partial charge in [0, 0.05) is 5.56 Å². The third-order valence-corrected chi connectivity index (χ3v) is 1.55. The maximum Gasteiger partial charge on any atom is 0.152 e. The molecule has 5 nitrogen and oxygen atoms in total. The lowest BCUT2D eigenvalue weighted by molar-refractivity contribution is 0.414. The first-order chi connectivity index (χ1) is 6.27. The van der Waals surface area contributed by atoms with Crippen molar-refractivity contribution in [1.82, 2.24) is 5.53 Å². The number of methoxy groups -OCH3 is 1. The Labute approximate surface area is 76.3 Å². The van der Waals surface area contributed by atoms with Gasteiger partial charge in [0.15, 0.2) is 5.84 Å². The minimum absolute atomic E-state index is 0.321. The topological polar surface area (TPSA) is 85.7 Å². The van der Waals surface area contributed by atoms with E-state index < -0.39 is 0 Å². The second-order valence-electron chi connectivity index (χ2n) is 2.36. The minimum atomic E-state index is 0.321. The largest absolute Gasteiger partial charge is 0.497 e. The van der Waals surface area contributed by atoms with Crippen molar-refractivity contribution in [1.29, 1.82) is 0 Å². The molecule has 0 fully saturated rings. The summed E-state index contributed by atoms with van der Waals surface area (Å²) in [4.78, 5) is 0. The van der Waals surface area contributed by atoms with Crippen molar-refractivity contribution in [3.8, 4) is 5.75 Å². The quantitative estimate of drug-likeness (QED) is 0.260. The Morgan fingerprint density at radius 3 is 2.92 bits per heavy atom. The van der Waals surface area contributed by atoms with Gasteiger partial charge in [-0.15, -0.1) is 5.10 Å². The van der Waals surface area contributed by atoms with Crippen LogP contribution < -0.4 is 21.8 Å². The van der Waals surface area contributed by atoms with E-state index >= 15 is 0 Å². The van der Waals surface area contributed by atoms with Crippen LogP contribution in [-0.4, -0.2) is 12.9 Å². The molecule has 0 heterocycles. The maximum absolute atomic E-state index is 5.58. The van der Waals surface area contributed by atoms with Crippen LogP contribution in [-0.2, 0) is 0 Å². The number of nitrogens with zero attached hydrogens (tertiary/aromatic N) is 1. The fourth-order valence-corrected chi connectivity index (χ4v) is 0.916. The second-order valence-corrected chi connectivity index (χ2v) is 2.36. The molecule has 0 unspecified atom stereocenters. The molecule has 1 aromatic carbocycles. The molecule has 5 heteroatoms. The van der Waals surface area contributed by atoms with Crippen LogP contribution >= 0.6 is 0 Å². The summed E-state index contributed by atoms with van der Waals surface area (Å²) in [6.45, 7) is 0. The lowest BCUT2D eigenvalue weighted by Crippen LogP contribution is -2.22. The minimum Gasteiger partial charge on any atom is -0.497 e. The van der Waals surface area contributed by atoms with E-state index in [1.807, 2.05) is 18.2 Å². The lowest BCUT2D eigenvalue weighted by atomic mass is 10.2. The molecule has 0 spiro atoms. The van der Waals surface area contributed by atoms with Crippen molar-refractivity contribution in [2.45, 2.75) is 0 Å². The normalized spacial score (nSPS) is 11.1. The molecule has 1 aromatic rings. The fraction of sp³-hybridized carbons (Fsp3) is 0.125. The van der Waals surface area contributed by atoms with Gasteiger partial charge in [0.1, 0.15) is 5.75 Å². The average Bonchev–Trinajstić information content (AvgIpc) is 2.18. The molecule has 0 aromatic heterocycles. The zero-order chi connectivity index (χ0) is 9.68. The number of hydrogen-bond acceptors (Lipinski definition) is 4. The van der Waals surface area contributed by atoms with Crippen LogP contribution in [0.2, 0.25) is 0 Å². The first-order valence-electron chi connectivity index (χ1n) is 3.71. The molecule has 5 N–H and O–H groups in total. The Morgan fingerprint density at radius 2 is 2.31 bits per heavy atom. The van der Waals surface area contributed by atoms with Gasteiger partial charge in [-0.25, -0.2) is 11.4 Å². The summed E-state index contributed by atoms with van der Waals surface area (Å²) >= 11 is 0. The average molecular weight is 180 g/mol. The molecule has 0 amide bonds. The number of rotatable bonds is 3. The molecule has 0 aliphatic rings. The van der Waals surface area contributed by atoms with Crippen LogP contribution in [0, 0.1) is 0 Å². The number of hydrazine groups is 1. The first-order valence-corrected chi connectivity index (χ1v) is 3.71. The van der Waals surface area contributed by atoms with Crippen LogP contribution in [0.5, 0.6) is 5.75 Å². The highest BCUT2D eigenvalue weighted by Crippen LogP contribution is 2.11. The first kappa shape index (κ1) is 9.34. The number of ether oxygens (including phenoxy) is 1. The standard InChI is InChI=1S/C8H12N4O/c1-13-7-4-2-3-6(5-7)8(9)11-12-10/h2-5,12H,10H2,1H3,(H2,9,11). The number of benzene rings is 1. The molecule has 70 valence electrons. The number of hydrogen-bond donors (Lipinski definition) is 3. The Morgan fingerprint density at radius 1 is 1.54 bits per heavy atom. The van der Waals surface area contributed by atoms with Crippen molar-refractivity contribution in [3.63, 3.8) is 0 Å². The highest BCUT2D eigenvalue weighted by atomic mass is 16.5. The predicted octanol–water partition coefficient (Wildman–Crippen LogP) is -0.221. The van der Waals surface area contributed by atoms with E-state index in [0.717, 1.165) is 11.3 Å². The summed E-state index contributed by atoms with van der Waals surface area (Å²) < 4.78 is 5.02. The van der Waals surface area contributed by atoms with Crippen molar-refractivity contribution in [2.24, 2.45) is 16.7 Å². The van der Waals surface area contributed by atoms with E-state index in [0.29, 0.717) is 5.84 Å². The maximum atomic E-state index is 5.58. The van der Waals surface area contributed by atoms with Crippen molar-refractivity contribution < 1.29 is 4.74 Å². The van der Waals surface area contributed by atoms with Crippen molar-refractivity contribution >= 4 is 5.84 Å². The van der Waals surface area contributed by atoms with E-state index in [1.54, 1.807) is 13.2 Å². The molecule has 0 atom stereocenters. The number of hydrazone groups is 1. The summed E-state index contributed by atoms with van der Waals surface area (Å²) in [7, 11) is 1.59. The SMILES string of the molecule is COc1cccc(/C(N)=N/NN)c1. The van der Waals surface area contributed by atoms with Crippen LogP contribution in [0.1, 0.15) is 5.56 Å². The third-order valence-electron chi connectivity index (χ3n) is 1.55. The summed E-state index contributed by atoms with van der Waals surface area (Å²) in [5, 5.41) is 3.64. The predicted molar refractivity (Wildman–Crippen MR) is 51.0 cm³/mol. The number of nitrogens with two attached hydrogens (primary N) is 2. The highest BCUT2D eigenvalue weighted by molar-refractivity contribution is 5.97. The molecular formula is C8H12N4O.